The third-order valence-electron chi connectivity index (χ3n) is 6.86. The molecule has 5 rings (SSSR count). The lowest BCUT2D eigenvalue weighted by Crippen LogP contribution is -2.44. The molecule has 42 heavy (non-hydrogen) atoms. The summed E-state index contributed by atoms with van der Waals surface area (Å²) in [7, 11) is -0.673. The smallest absolute Gasteiger partial charge is 0.232 e. The third-order valence-corrected chi connectivity index (χ3v) is 8.33. The number of aromatic nitrogens is 4. The molecule has 1 saturated heterocycles. The van der Waals surface area contributed by atoms with Gasteiger partial charge in [0.1, 0.15) is 22.9 Å². The number of nitrogens with one attached hydrogen (secondary N) is 2. The van der Waals surface area contributed by atoms with Crippen LogP contribution in [0.5, 0.6) is 5.75 Å². The molecule has 2 aromatic heterocycles. The average molecular weight is 600 g/mol. The van der Waals surface area contributed by atoms with Crippen LogP contribution in [0.1, 0.15) is 20.3 Å². The van der Waals surface area contributed by atoms with Gasteiger partial charge in [-0.15, -0.1) is 0 Å². The standard InChI is InChI=1S/C28H31F2N7O4S/c1-5-10-42(38,39)36-21-7-6-20(29)23(24(21)30)17-11-19-25(22(12-17)40-4)34-26(18-13-32-28(31-3)33-14-18)35-27(19)37-8-9-41-15-16(37)2/h6-7,11-14,16,36H,5,8-10,15H2,1-4H3,(H,31,32,33)/t16-/m1/s1. The van der Waals surface area contributed by atoms with Crippen molar-refractivity contribution in [2.24, 2.45) is 0 Å². The first-order valence-electron chi connectivity index (χ1n) is 13.4. The van der Waals surface area contributed by atoms with E-state index in [4.69, 9.17) is 19.4 Å². The van der Waals surface area contributed by atoms with Crippen molar-refractivity contribution in [1.82, 2.24) is 19.9 Å². The van der Waals surface area contributed by atoms with Gasteiger partial charge in [0, 0.05) is 31.4 Å². The normalized spacial score (nSPS) is 15.6. The van der Waals surface area contributed by atoms with Crippen molar-refractivity contribution in [3.05, 3.63) is 48.3 Å². The second kappa shape index (κ2) is 12.0. The first kappa shape index (κ1) is 29.3. The maximum atomic E-state index is 15.8. The second-order valence-electron chi connectivity index (χ2n) is 9.81. The van der Waals surface area contributed by atoms with Crippen molar-refractivity contribution in [3.63, 3.8) is 0 Å². The number of rotatable bonds is 9. The Hall–Kier alpha value is -4.17. The molecular weight excluding hydrogens is 568 g/mol. The predicted molar refractivity (Wildman–Crippen MR) is 157 cm³/mol. The van der Waals surface area contributed by atoms with E-state index < -0.39 is 27.2 Å². The molecule has 0 saturated carbocycles. The van der Waals surface area contributed by atoms with Gasteiger partial charge in [-0.2, -0.15) is 0 Å². The minimum atomic E-state index is -3.82. The minimum absolute atomic E-state index is 0.0629. The number of methoxy groups -OCH3 is 1. The third kappa shape index (κ3) is 5.77. The van der Waals surface area contributed by atoms with Crippen LogP contribution >= 0.6 is 0 Å². The van der Waals surface area contributed by atoms with Crippen LogP contribution < -0.4 is 19.7 Å². The number of halogens is 2. The van der Waals surface area contributed by atoms with Crippen LogP contribution in [0.25, 0.3) is 33.4 Å². The monoisotopic (exact) mass is 599 g/mol. The van der Waals surface area contributed by atoms with Crippen molar-refractivity contribution >= 4 is 38.4 Å². The number of benzene rings is 2. The Kier molecular flexibility index (Phi) is 8.36. The molecule has 0 bridgehead atoms. The van der Waals surface area contributed by atoms with Gasteiger partial charge in [-0.05, 0) is 43.2 Å². The summed E-state index contributed by atoms with van der Waals surface area (Å²) in [6, 6.07) is 5.09. The molecule has 2 N–H and O–H groups in total. The van der Waals surface area contributed by atoms with Gasteiger partial charge in [0.25, 0.3) is 0 Å². The van der Waals surface area contributed by atoms with Gasteiger partial charge < -0.3 is 19.7 Å². The second-order valence-corrected chi connectivity index (χ2v) is 11.7. The molecule has 11 nitrogen and oxygen atoms in total. The van der Waals surface area contributed by atoms with Crippen LogP contribution in [0.3, 0.4) is 0 Å². The lowest BCUT2D eigenvalue weighted by Gasteiger charge is -2.35. The molecule has 3 heterocycles. The van der Waals surface area contributed by atoms with E-state index in [-0.39, 0.29) is 28.8 Å². The van der Waals surface area contributed by atoms with E-state index in [0.717, 1.165) is 12.1 Å². The van der Waals surface area contributed by atoms with E-state index in [2.05, 4.69) is 20.0 Å². The zero-order valence-electron chi connectivity index (χ0n) is 23.6. The van der Waals surface area contributed by atoms with Crippen LogP contribution in [-0.4, -0.2) is 74.1 Å². The highest BCUT2D eigenvalue weighted by Crippen LogP contribution is 2.40. The summed E-state index contributed by atoms with van der Waals surface area (Å²) >= 11 is 0. The van der Waals surface area contributed by atoms with Crippen LogP contribution in [-0.2, 0) is 14.8 Å². The zero-order chi connectivity index (χ0) is 30.0. The number of hydrogen-bond acceptors (Lipinski definition) is 10. The summed E-state index contributed by atoms with van der Waals surface area (Å²) in [6.45, 7) is 5.12. The number of anilines is 3. The lowest BCUT2D eigenvalue weighted by atomic mass is 10.00. The first-order valence-corrected chi connectivity index (χ1v) is 15.0. The highest BCUT2D eigenvalue weighted by Gasteiger charge is 2.27. The SMILES string of the molecule is CCCS(=O)(=O)Nc1ccc(F)c(-c2cc(OC)c3nc(-c4cnc(NC)nc4)nc(N4CCOC[C@H]4C)c3c2)c1F. The number of hydrogen-bond donors (Lipinski definition) is 2. The molecule has 0 spiro atoms. The topological polar surface area (TPSA) is 131 Å². The van der Waals surface area contributed by atoms with E-state index in [1.54, 1.807) is 32.4 Å². The fourth-order valence-electron chi connectivity index (χ4n) is 4.83. The molecular formula is C28H31F2N7O4S. The molecule has 1 aliphatic heterocycles. The van der Waals surface area contributed by atoms with Crippen molar-refractivity contribution < 1.29 is 26.7 Å². The van der Waals surface area contributed by atoms with Gasteiger partial charge in [0.15, 0.2) is 11.6 Å². The lowest BCUT2D eigenvalue weighted by molar-refractivity contribution is 0.0987. The number of morpholine rings is 1. The Bertz CT molecular complexity index is 1720. The summed E-state index contributed by atoms with van der Waals surface area (Å²) in [4.78, 5) is 20.2. The van der Waals surface area contributed by atoms with E-state index in [1.165, 1.54) is 13.2 Å². The van der Waals surface area contributed by atoms with Crippen LogP contribution in [0.4, 0.5) is 26.2 Å². The maximum absolute atomic E-state index is 15.8. The summed E-state index contributed by atoms with van der Waals surface area (Å²) in [6.07, 6.45) is 3.54. The Morgan fingerprint density at radius 2 is 1.90 bits per heavy atom. The molecule has 2 aromatic carbocycles. The van der Waals surface area contributed by atoms with Gasteiger partial charge in [0.05, 0.1) is 48.9 Å². The van der Waals surface area contributed by atoms with E-state index >= 15 is 8.78 Å². The fraction of sp³-hybridized carbons (Fsp3) is 0.357. The predicted octanol–water partition coefficient (Wildman–Crippen LogP) is 4.46. The molecule has 0 amide bonds. The number of ether oxygens (including phenoxy) is 2. The number of fused-ring (bicyclic) bond motifs is 1. The summed E-state index contributed by atoms with van der Waals surface area (Å²) < 4.78 is 69.3. The van der Waals surface area contributed by atoms with Crippen LogP contribution in [0, 0.1) is 11.6 Å². The average Bonchev–Trinajstić information content (AvgIpc) is 2.98. The van der Waals surface area contributed by atoms with Gasteiger partial charge in [-0.3, -0.25) is 4.72 Å². The highest BCUT2D eigenvalue weighted by atomic mass is 32.2. The molecule has 1 atom stereocenters. The maximum Gasteiger partial charge on any atom is 0.232 e. The molecule has 1 aliphatic rings. The van der Waals surface area contributed by atoms with Crippen LogP contribution in [0.15, 0.2) is 36.7 Å². The Morgan fingerprint density at radius 1 is 1.14 bits per heavy atom. The summed E-state index contributed by atoms with van der Waals surface area (Å²) in [5.41, 5.74) is 0.350. The quantitative estimate of drug-likeness (QED) is 0.284. The summed E-state index contributed by atoms with van der Waals surface area (Å²) in [5, 5.41) is 3.36. The molecule has 222 valence electrons. The van der Waals surface area contributed by atoms with Gasteiger partial charge in [-0.25, -0.2) is 37.1 Å². The van der Waals surface area contributed by atoms with E-state index in [9.17, 15) is 8.42 Å². The Balaban J connectivity index is 1.74. The molecule has 0 aliphatic carbocycles. The van der Waals surface area contributed by atoms with Crippen molar-refractivity contribution in [3.8, 4) is 28.3 Å². The number of nitrogens with zero attached hydrogens (tertiary/aromatic N) is 5. The molecule has 4 aromatic rings. The van der Waals surface area contributed by atoms with Gasteiger partial charge >= 0.3 is 0 Å². The minimum Gasteiger partial charge on any atom is -0.494 e. The van der Waals surface area contributed by atoms with Crippen molar-refractivity contribution in [2.75, 3.05) is 54.6 Å². The van der Waals surface area contributed by atoms with E-state index in [0.29, 0.717) is 60.2 Å². The molecule has 14 heteroatoms. The largest absolute Gasteiger partial charge is 0.494 e. The molecule has 0 radical (unpaired) electrons. The number of sulfonamides is 1. The fourth-order valence-corrected chi connectivity index (χ4v) is 5.96. The molecule has 1 fully saturated rings. The Labute approximate surface area is 242 Å². The van der Waals surface area contributed by atoms with Gasteiger partial charge in [0.2, 0.25) is 16.0 Å². The first-order chi connectivity index (χ1) is 20.2. The van der Waals surface area contributed by atoms with Crippen molar-refractivity contribution in [1.29, 1.82) is 0 Å². The summed E-state index contributed by atoms with van der Waals surface area (Å²) in [5.74, 6) is -0.570. The zero-order valence-corrected chi connectivity index (χ0v) is 24.4. The Morgan fingerprint density at radius 3 is 2.57 bits per heavy atom. The highest BCUT2D eigenvalue weighted by molar-refractivity contribution is 7.92. The van der Waals surface area contributed by atoms with Crippen LogP contribution in [0.2, 0.25) is 0 Å². The van der Waals surface area contributed by atoms with E-state index in [1.807, 2.05) is 11.8 Å². The molecule has 0 unspecified atom stereocenters. The van der Waals surface area contributed by atoms with Gasteiger partial charge in [-0.1, -0.05) is 6.92 Å². The van der Waals surface area contributed by atoms with Crippen molar-refractivity contribution in [2.45, 2.75) is 26.3 Å².